The minimum atomic E-state index is 0.857. The van der Waals surface area contributed by atoms with E-state index in [0.717, 1.165) is 49.2 Å². The topological polar surface area (TPSA) is 44.3 Å². The van der Waals surface area contributed by atoms with Crippen LogP contribution in [0.4, 0.5) is 11.8 Å². The van der Waals surface area contributed by atoms with Crippen molar-refractivity contribution in [2.24, 2.45) is 0 Å². The second-order valence-electron chi connectivity index (χ2n) is 6.94. The van der Waals surface area contributed by atoms with Gasteiger partial charge in [0.25, 0.3) is 0 Å². The molecule has 5 nitrogen and oxygen atoms in total. The van der Waals surface area contributed by atoms with E-state index in [0.29, 0.717) is 0 Å². The third-order valence-corrected chi connectivity index (χ3v) is 4.54. The number of aromatic nitrogens is 2. The lowest BCUT2D eigenvalue weighted by Crippen LogP contribution is -2.27. The number of hydrogen-bond donors (Lipinski definition) is 1. The van der Waals surface area contributed by atoms with Crippen LogP contribution in [0.2, 0.25) is 0 Å². The Labute approximate surface area is 151 Å². The van der Waals surface area contributed by atoms with Gasteiger partial charge in [0.05, 0.1) is 5.69 Å². The molecule has 1 aromatic carbocycles. The van der Waals surface area contributed by atoms with Crippen molar-refractivity contribution in [2.45, 2.75) is 25.7 Å². The summed E-state index contributed by atoms with van der Waals surface area (Å²) in [7, 11) is 4.17. The standard InChI is InChI=1S/C20H29N5/c1-24(2)15-12-21-19-16-18(17-10-6-5-7-11-17)22-20(23-19)25-13-8-3-4-9-14-25/h5-7,10-11,16H,3-4,8-9,12-15H2,1-2H3,(H,21,22,23). The quantitative estimate of drug-likeness (QED) is 0.873. The highest BCUT2D eigenvalue weighted by Crippen LogP contribution is 2.24. The molecule has 1 N–H and O–H groups in total. The number of rotatable bonds is 6. The van der Waals surface area contributed by atoms with E-state index in [4.69, 9.17) is 9.97 Å². The largest absolute Gasteiger partial charge is 0.369 e. The average molecular weight is 339 g/mol. The van der Waals surface area contributed by atoms with Crippen molar-refractivity contribution in [3.63, 3.8) is 0 Å². The highest BCUT2D eigenvalue weighted by Gasteiger charge is 2.15. The Bertz CT molecular complexity index is 648. The van der Waals surface area contributed by atoms with Crippen LogP contribution in [0.3, 0.4) is 0 Å². The van der Waals surface area contributed by atoms with Crippen LogP contribution >= 0.6 is 0 Å². The van der Waals surface area contributed by atoms with E-state index < -0.39 is 0 Å². The van der Waals surface area contributed by atoms with Crippen LogP contribution < -0.4 is 10.2 Å². The first-order chi connectivity index (χ1) is 12.2. The molecule has 0 aliphatic carbocycles. The van der Waals surface area contributed by atoms with E-state index in [2.05, 4.69) is 59.5 Å². The molecule has 134 valence electrons. The molecule has 2 heterocycles. The summed E-state index contributed by atoms with van der Waals surface area (Å²) in [5.74, 6) is 1.77. The van der Waals surface area contributed by atoms with Crippen molar-refractivity contribution in [2.75, 3.05) is 50.5 Å². The number of anilines is 2. The Morgan fingerprint density at radius 2 is 1.72 bits per heavy atom. The zero-order valence-corrected chi connectivity index (χ0v) is 15.4. The molecule has 0 saturated carbocycles. The van der Waals surface area contributed by atoms with E-state index in [1.165, 1.54) is 25.7 Å². The van der Waals surface area contributed by atoms with Crippen LogP contribution in [0.25, 0.3) is 11.3 Å². The molecule has 1 fully saturated rings. The first kappa shape index (κ1) is 17.7. The zero-order chi connectivity index (χ0) is 17.5. The molecule has 25 heavy (non-hydrogen) atoms. The third kappa shape index (κ3) is 5.16. The van der Waals surface area contributed by atoms with E-state index in [1.807, 2.05) is 6.07 Å². The average Bonchev–Trinajstić information content (AvgIpc) is 2.91. The van der Waals surface area contributed by atoms with Crippen LogP contribution in [0.1, 0.15) is 25.7 Å². The van der Waals surface area contributed by atoms with Crippen LogP contribution in [0.5, 0.6) is 0 Å². The predicted octanol–water partition coefficient (Wildman–Crippen LogP) is 3.50. The fraction of sp³-hybridized carbons (Fsp3) is 0.500. The number of likely N-dealkylation sites (N-methyl/N-ethyl adjacent to an activating group) is 1. The smallest absolute Gasteiger partial charge is 0.227 e. The fourth-order valence-corrected chi connectivity index (χ4v) is 3.10. The van der Waals surface area contributed by atoms with Gasteiger partial charge in [-0.2, -0.15) is 4.98 Å². The molecular weight excluding hydrogens is 310 g/mol. The Morgan fingerprint density at radius 3 is 2.40 bits per heavy atom. The van der Waals surface area contributed by atoms with Gasteiger partial charge in [0.15, 0.2) is 0 Å². The molecule has 1 aliphatic heterocycles. The summed E-state index contributed by atoms with van der Waals surface area (Å²) in [5, 5.41) is 3.46. The number of nitrogens with zero attached hydrogens (tertiary/aromatic N) is 4. The fourth-order valence-electron chi connectivity index (χ4n) is 3.10. The minimum absolute atomic E-state index is 0.857. The highest BCUT2D eigenvalue weighted by atomic mass is 15.3. The monoisotopic (exact) mass is 339 g/mol. The first-order valence-corrected chi connectivity index (χ1v) is 9.30. The Morgan fingerprint density at radius 1 is 1.00 bits per heavy atom. The molecule has 0 radical (unpaired) electrons. The molecule has 2 aromatic rings. The number of hydrogen-bond acceptors (Lipinski definition) is 5. The predicted molar refractivity (Wildman–Crippen MR) is 105 cm³/mol. The molecule has 1 saturated heterocycles. The molecule has 0 atom stereocenters. The van der Waals surface area contributed by atoms with Crippen molar-refractivity contribution in [3.8, 4) is 11.3 Å². The molecule has 0 amide bonds. The van der Waals surface area contributed by atoms with Crippen molar-refractivity contribution in [1.29, 1.82) is 0 Å². The van der Waals surface area contributed by atoms with Gasteiger partial charge in [-0.05, 0) is 26.9 Å². The van der Waals surface area contributed by atoms with E-state index in [9.17, 15) is 0 Å². The highest BCUT2D eigenvalue weighted by molar-refractivity contribution is 5.64. The SMILES string of the molecule is CN(C)CCNc1cc(-c2ccccc2)nc(N2CCCCCC2)n1. The molecule has 0 unspecified atom stereocenters. The maximum absolute atomic E-state index is 4.88. The van der Waals surface area contributed by atoms with E-state index in [-0.39, 0.29) is 0 Å². The lowest BCUT2D eigenvalue weighted by atomic mass is 10.1. The molecule has 0 bridgehead atoms. The van der Waals surface area contributed by atoms with Gasteiger partial charge in [0.1, 0.15) is 5.82 Å². The summed E-state index contributed by atoms with van der Waals surface area (Å²) in [5.41, 5.74) is 2.12. The lowest BCUT2D eigenvalue weighted by Gasteiger charge is -2.22. The van der Waals surface area contributed by atoms with Gasteiger partial charge in [-0.25, -0.2) is 4.98 Å². The van der Waals surface area contributed by atoms with Gasteiger partial charge in [0, 0.05) is 37.8 Å². The van der Waals surface area contributed by atoms with Gasteiger partial charge in [-0.1, -0.05) is 43.2 Å². The molecule has 1 aliphatic rings. The van der Waals surface area contributed by atoms with E-state index >= 15 is 0 Å². The molecule has 0 spiro atoms. The second kappa shape index (κ2) is 8.81. The zero-order valence-electron chi connectivity index (χ0n) is 15.4. The minimum Gasteiger partial charge on any atom is -0.369 e. The summed E-state index contributed by atoms with van der Waals surface area (Å²) in [6.45, 7) is 3.95. The molecular formula is C20H29N5. The molecule has 3 rings (SSSR count). The van der Waals surface area contributed by atoms with Gasteiger partial charge in [-0.15, -0.1) is 0 Å². The lowest BCUT2D eigenvalue weighted by molar-refractivity contribution is 0.425. The summed E-state index contributed by atoms with van der Waals surface area (Å²) in [4.78, 5) is 14.2. The molecule has 1 aromatic heterocycles. The Hall–Kier alpha value is -2.14. The first-order valence-electron chi connectivity index (χ1n) is 9.30. The Balaban J connectivity index is 1.87. The Kier molecular flexibility index (Phi) is 6.23. The number of nitrogens with one attached hydrogen (secondary N) is 1. The van der Waals surface area contributed by atoms with Gasteiger partial charge >= 0.3 is 0 Å². The summed E-state index contributed by atoms with van der Waals surface area (Å²) >= 11 is 0. The third-order valence-electron chi connectivity index (χ3n) is 4.54. The van der Waals surface area contributed by atoms with Gasteiger partial charge < -0.3 is 15.1 Å². The molecule has 5 heteroatoms. The van der Waals surface area contributed by atoms with Crippen LogP contribution in [-0.2, 0) is 0 Å². The van der Waals surface area contributed by atoms with Crippen molar-refractivity contribution in [1.82, 2.24) is 14.9 Å². The van der Waals surface area contributed by atoms with Crippen LogP contribution in [-0.4, -0.2) is 55.1 Å². The summed E-state index contributed by atoms with van der Waals surface area (Å²) < 4.78 is 0. The summed E-state index contributed by atoms with van der Waals surface area (Å²) in [6.07, 6.45) is 5.07. The van der Waals surface area contributed by atoms with Crippen LogP contribution in [0.15, 0.2) is 36.4 Å². The van der Waals surface area contributed by atoms with Gasteiger partial charge in [0.2, 0.25) is 5.95 Å². The number of benzene rings is 1. The van der Waals surface area contributed by atoms with Gasteiger partial charge in [-0.3, -0.25) is 0 Å². The maximum atomic E-state index is 4.88. The normalized spacial score (nSPS) is 15.2. The second-order valence-corrected chi connectivity index (χ2v) is 6.94. The van der Waals surface area contributed by atoms with E-state index in [1.54, 1.807) is 0 Å². The van der Waals surface area contributed by atoms with Crippen molar-refractivity contribution >= 4 is 11.8 Å². The summed E-state index contributed by atoms with van der Waals surface area (Å²) in [6, 6.07) is 12.4. The van der Waals surface area contributed by atoms with Crippen molar-refractivity contribution < 1.29 is 0 Å². The maximum Gasteiger partial charge on any atom is 0.227 e. The van der Waals surface area contributed by atoms with Crippen molar-refractivity contribution in [3.05, 3.63) is 36.4 Å². The van der Waals surface area contributed by atoms with Crippen LogP contribution in [0, 0.1) is 0 Å².